The van der Waals surface area contributed by atoms with Gasteiger partial charge >= 0.3 is 0 Å². The Bertz CT molecular complexity index is 1450. The lowest BCUT2D eigenvalue weighted by Gasteiger charge is -2.28. The fourth-order valence-electron chi connectivity index (χ4n) is 3.65. The molecule has 0 aliphatic rings. The SMILES string of the molecule is C.C(/C=C/Nc1ccccc1)=Nc1ccccc1.CCN(C(C)C)C(C)C.Cl.N#CC(C#N)=C/C=C/Nc1ccccc1.[C-]#[N+]CC#N. The standard InChI is InChI=1S/C15H14N2.C12H9N3.C8H19N.C3H2N2.CH4.ClH/c1-3-8-14(9-4-1)16-12-7-13-17-15-10-5-2-6-11-15;13-9-11(10-14)5-4-8-15-12-6-2-1-3-7-12;1-6-9(7(2)3)8(4)5;1-5-3-2-4;;/h1-13,16H;1-8,15H;7-8H,6H2,1-5H3;3H2;1H4;1H/b12-7+,17-13?;8-4+;;;;. The highest BCUT2D eigenvalue weighted by Gasteiger charge is 2.09. The number of aliphatic imine (C=N–C) groups is 1. The summed E-state index contributed by atoms with van der Waals surface area (Å²) in [4.78, 5) is 9.49. The van der Waals surface area contributed by atoms with E-state index in [0.717, 1.165) is 23.6 Å². The van der Waals surface area contributed by atoms with Crippen molar-refractivity contribution in [3.05, 3.63) is 139 Å². The van der Waals surface area contributed by atoms with Crippen LogP contribution in [0.1, 0.15) is 42.0 Å². The summed E-state index contributed by atoms with van der Waals surface area (Å²) >= 11 is 0. The Morgan fingerprint density at radius 1 is 0.792 bits per heavy atom. The molecule has 0 fully saturated rings. The van der Waals surface area contributed by atoms with Crippen LogP contribution in [0.15, 0.2) is 132 Å². The molecule has 9 heteroatoms. The molecule has 8 nitrogen and oxygen atoms in total. The van der Waals surface area contributed by atoms with Crippen molar-refractivity contribution < 1.29 is 0 Å². The van der Waals surface area contributed by atoms with E-state index in [1.807, 2.05) is 103 Å². The molecule has 3 aromatic rings. The first-order valence-electron chi connectivity index (χ1n) is 14.8. The van der Waals surface area contributed by atoms with Crippen LogP contribution < -0.4 is 10.6 Å². The molecule has 0 spiro atoms. The second kappa shape index (κ2) is 32.7. The Kier molecular flexibility index (Phi) is 31.9. The van der Waals surface area contributed by atoms with E-state index in [2.05, 4.69) is 60.0 Å². The van der Waals surface area contributed by atoms with Gasteiger partial charge in [0.05, 0.1) is 5.69 Å². The van der Waals surface area contributed by atoms with Crippen molar-refractivity contribution in [1.82, 2.24) is 4.90 Å². The fraction of sp³-hybridized carbons (Fsp3) is 0.256. The van der Waals surface area contributed by atoms with E-state index < -0.39 is 0 Å². The topological polar surface area (TPSA) is 115 Å². The minimum absolute atomic E-state index is 0. The monoisotopic (exact) mass is 664 g/mol. The molecule has 0 radical (unpaired) electrons. The molecule has 2 N–H and O–H groups in total. The average Bonchev–Trinajstić information content (AvgIpc) is 3.07. The molecule has 0 saturated carbocycles. The third-order valence-electron chi connectivity index (χ3n) is 5.65. The molecule has 0 saturated heterocycles. The second-order valence-corrected chi connectivity index (χ2v) is 9.65. The molecule has 0 amide bonds. The summed E-state index contributed by atoms with van der Waals surface area (Å²) in [6.45, 7) is 18.3. The molecule has 0 atom stereocenters. The summed E-state index contributed by atoms with van der Waals surface area (Å²) in [5.74, 6) is 0. The van der Waals surface area contributed by atoms with Crippen LogP contribution in [-0.2, 0) is 0 Å². The van der Waals surface area contributed by atoms with Crippen molar-refractivity contribution in [3.63, 3.8) is 0 Å². The van der Waals surface area contributed by atoms with Gasteiger partial charge in [-0.3, -0.25) is 9.89 Å². The highest BCUT2D eigenvalue weighted by Crippen LogP contribution is 2.09. The van der Waals surface area contributed by atoms with Crippen LogP contribution in [0.25, 0.3) is 4.85 Å². The van der Waals surface area contributed by atoms with Gasteiger partial charge in [0.1, 0.15) is 23.8 Å². The van der Waals surface area contributed by atoms with E-state index in [9.17, 15) is 0 Å². The molecule has 3 rings (SSSR count). The summed E-state index contributed by atoms with van der Waals surface area (Å²) in [7, 11) is 0. The number of rotatable bonds is 10. The molecule has 0 unspecified atom stereocenters. The highest BCUT2D eigenvalue weighted by atomic mass is 35.5. The number of halogens is 1. The third-order valence-corrected chi connectivity index (χ3v) is 5.65. The fourth-order valence-corrected chi connectivity index (χ4v) is 3.65. The number of nitrogens with zero attached hydrogens (tertiary/aromatic N) is 6. The van der Waals surface area contributed by atoms with Crippen LogP contribution in [-0.4, -0.2) is 36.3 Å². The van der Waals surface area contributed by atoms with Gasteiger partial charge in [0.15, 0.2) is 0 Å². The van der Waals surface area contributed by atoms with Crippen molar-refractivity contribution in [2.24, 2.45) is 4.99 Å². The largest absolute Gasteiger partial charge is 0.362 e. The number of anilines is 2. The summed E-state index contributed by atoms with van der Waals surface area (Å²) < 4.78 is 0. The van der Waals surface area contributed by atoms with Gasteiger partial charge in [0.2, 0.25) is 0 Å². The highest BCUT2D eigenvalue weighted by molar-refractivity contribution is 5.85. The molecular formula is C39H49ClN8. The average molecular weight is 665 g/mol. The number of nitriles is 3. The first kappa shape index (κ1) is 46.8. The van der Waals surface area contributed by atoms with Gasteiger partial charge in [-0.2, -0.15) is 15.8 Å². The zero-order chi connectivity index (χ0) is 34.3. The van der Waals surface area contributed by atoms with Gasteiger partial charge < -0.3 is 15.5 Å². The zero-order valence-electron chi connectivity index (χ0n) is 27.8. The van der Waals surface area contributed by atoms with Gasteiger partial charge in [0, 0.05) is 42.1 Å². The number of nitrogens with one attached hydrogen (secondary N) is 2. The van der Waals surface area contributed by atoms with Crippen LogP contribution in [0.4, 0.5) is 17.1 Å². The minimum atomic E-state index is -0.0139. The normalized spacial score (nSPS) is 9.42. The van der Waals surface area contributed by atoms with E-state index in [1.165, 1.54) is 6.08 Å². The molecule has 252 valence electrons. The molecule has 3 aromatic carbocycles. The molecule has 0 aromatic heterocycles. The van der Waals surface area contributed by atoms with Crippen molar-refractivity contribution in [2.45, 2.75) is 54.1 Å². The number of hydrogen-bond acceptors (Lipinski definition) is 7. The number of hydrogen-bond donors (Lipinski definition) is 2. The predicted molar refractivity (Wildman–Crippen MR) is 206 cm³/mol. The maximum atomic E-state index is 8.45. The summed E-state index contributed by atoms with van der Waals surface area (Å²) in [5.41, 5.74) is 3.06. The summed E-state index contributed by atoms with van der Waals surface area (Å²) in [6.07, 6.45) is 10.3. The summed E-state index contributed by atoms with van der Waals surface area (Å²) in [5, 5.41) is 30.7. The van der Waals surface area contributed by atoms with Crippen molar-refractivity contribution in [1.29, 1.82) is 15.8 Å². The molecule has 0 aliphatic carbocycles. The lowest BCUT2D eigenvalue weighted by molar-refractivity contribution is 0.185. The quantitative estimate of drug-likeness (QED) is 0.0732. The lowest BCUT2D eigenvalue weighted by Crippen LogP contribution is -2.36. The van der Waals surface area contributed by atoms with Crippen LogP contribution in [0.3, 0.4) is 0 Å². The van der Waals surface area contributed by atoms with Crippen molar-refractivity contribution in [3.8, 4) is 18.2 Å². The summed E-state index contributed by atoms with van der Waals surface area (Å²) in [6, 6.07) is 36.1. The van der Waals surface area contributed by atoms with Gasteiger partial charge in [-0.1, -0.05) is 68.9 Å². The smallest absolute Gasteiger partial charge is 0.298 e. The number of allylic oxidation sites excluding steroid dienone is 4. The van der Waals surface area contributed by atoms with Gasteiger partial charge in [-0.15, -0.1) is 12.4 Å². The van der Waals surface area contributed by atoms with E-state index >= 15 is 0 Å². The van der Waals surface area contributed by atoms with Crippen LogP contribution in [0.5, 0.6) is 0 Å². The molecule has 0 heterocycles. The Labute approximate surface area is 295 Å². The molecule has 0 bridgehead atoms. The Morgan fingerprint density at radius 3 is 1.56 bits per heavy atom. The maximum Gasteiger partial charge on any atom is 0.298 e. The molecular weight excluding hydrogens is 616 g/mol. The van der Waals surface area contributed by atoms with E-state index in [0.29, 0.717) is 12.1 Å². The lowest BCUT2D eigenvalue weighted by atomic mass is 10.2. The van der Waals surface area contributed by atoms with Gasteiger partial charge in [-0.05, 0) is 88.9 Å². The van der Waals surface area contributed by atoms with Crippen LogP contribution in [0, 0.1) is 40.6 Å². The second-order valence-electron chi connectivity index (χ2n) is 9.65. The van der Waals surface area contributed by atoms with Crippen LogP contribution in [0.2, 0.25) is 0 Å². The van der Waals surface area contributed by atoms with Crippen LogP contribution >= 0.6 is 12.4 Å². The predicted octanol–water partition coefficient (Wildman–Crippen LogP) is 10.2. The van der Waals surface area contributed by atoms with Crippen molar-refractivity contribution in [2.75, 3.05) is 23.7 Å². The van der Waals surface area contributed by atoms with Crippen molar-refractivity contribution >= 4 is 35.7 Å². The van der Waals surface area contributed by atoms with E-state index in [-0.39, 0.29) is 32.0 Å². The Balaban J connectivity index is -0.000000600. The van der Waals surface area contributed by atoms with Gasteiger partial charge in [-0.25, -0.2) is 6.57 Å². The minimum Gasteiger partial charge on any atom is -0.362 e. The van der Waals surface area contributed by atoms with E-state index in [1.54, 1.807) is 36.7 Å². The first-order valence-corrected chi connectivity index (χ1v) is 14.8. The van der Waals surface area contributed by atoms with Gasteiger partial charge in [0.25, 0.3) is 6.54 Å². The number of benzene rings is 3. The number of para-hydroxylation sites is 3. The van der Waals surface area contributed by atoms with E-state index in [4.69, 9.17) is 22.4 Å². The molecule has 0 aliphatic heterocycles. The molecule has 48 heavy (non-hydrogen) atoms. The maximum absolute atomic E-state index is 8.45. The zero-order valence-corrected chi connectivity index (χ0v) is 28.6. The Morgan fingerprint density at radius 2 is 1.23 bits per heavy atom. The Hall–Kier alpha value is -5.64. The first-order chi connectivity index (χ1) is 22.3. The third kappa shape index (κ3) is 25.7.